The lowest BCUT2D eigenvalue weighted by atomic mass is 9.96. The highest BCUT2D eigenvalue weighted by molar-refractivity contribution is 5.94. The van der Waals surface area contributed by atoms with E-state index in [-0.39, 0.29) is 23.4 Å². The van der Waals surface area contributed by atoms with E-state index in [1.54, 1.807) is 51.1 Å². The maximum atomic E-state index is 12.1. The second-order valence-electron chi connectivity index (χ2n) is 9.50. The van der Waals surface area contributed by atoms with E-state index in [9.17, 15) is 14.7 Å². The number of amides is 1. The third-order valence-corrected chi connectivity index (χ3v) is 4.31. The van der Waals surface area contributed by atoms with E-state index in [2.05, 4.69) is 32.1 Å². The van der Waals surface area contributed by atoms with E-state index in [0.717, 1.165) is 0 Å². The second kappa shape index (κ2) is 8.87. The number of esters is 1. The summed E-state index contributed by atoms with van der Waals surface area (Å²) in [6.45, 7) is 10.7. The molecule has 1 aromatic carbocycles. The van der Waals surface area contributed by atoms with Crippen molar-refractivity contribution >= 4 is 28.9 Å². The van der Waals surface area contributed by atoms with Crippen molar-refractivity contribution in [2.24, 2.45) is 5.41 Å². The zero-order chi connectivity index (χ0) is 24.4. The van der Waals surface area contributed by atoms with E-state index >= 15 is 0 Å². The smallest absolute Gasteiger partial charge is 0.338 e. The fraction of sp³-hybridized carbons (Fsp3) is 0.320. The highest BCUT2D eigenvalue weighted by Gasteiger charge is 2.23. The maximum Gasteiger partial charge on any atom is 0.338 e. The third kappa shape index (κ3) is 6.26. The van der Waals surface area contributed by atoms with Gasteiger partial charge in [0.1, 0.15) is 5.60 Å². The molecule has 2 N–H and O–H groups in total. The molecule has 33 heavy (non-hydrogen) atoms. The fourth-order valence-corrected chi connectivity index (χ4v) is 2.58. The predicted molar refractivity (Wildman–Crippen MR) is 125 cm³/mol. The molecule has 0 aliphatic carbocycles. The first kappa shape index (κ1) is 23.7. The minimum absolute atomic E-state index is 0.0173. The molecule has 170 valence electrons. The zero-order valence-electron chi connectivity index (χ0n) is 19.5. The van der Waals surface area contributed by atoms with E-state index in [0.29, 0.717) is 22.1 Å². The quantitative estimate of drug-likeness (QED) is 0.450. The van der Waals surface area contributed by atoms with Gasteiger partial charge in [-0.3, -0.25) is 10.1 Å². The molecular weight excluding hydrogens is 420 g/mol. The number of aromatic hydroxyl groups is 1. The van der Waals surface area contributed by atoms with Gasteiger partial charge in [0.2, 0.25) is 17.7 Å². The van der Waals surface area contributed by atoms with Gasteiger partial charge >= 0.3 is 5.97 Å². The van der Waals surface area contributed by atoms with E-state index in [1.807, 2.05) is 20.8 Å². The van der Waals surface area contributed by atoms with Crippen molar-refractivity contribution in [3.8, 4) is 17.7 Å². The van der Waals surface area contributed by atoms with Crippen molar-refractivity contribution in [3.63, 3.8) is 0 Å². The monoisotopic (exact) mass is 446 g/mol. The van der Waals surface area contributed by atoms with Gasteiger partial charge in [-0.2, -0.15) is 9.97 Å². The van der Waals surface area contributed by atoms with Gasteiger partial charge in [0.05, 0.1) is 10.9 Å². The van der Waals surface area contributed by atoms with E-state index in [1.165, 1.54) is 6.20 Å². The number of nitrogens with zero attached hydrogens (tertiary/aromatic N) is 3. The lowest BCUT2D eigenvalue weighted by Crippen LogP contribution is -2.28. The number of benzene rings is 1. The molecule has 8 heteroatoms. The Balaban J connectivity index is 1.80. The van der Waals surface area contributed by atoms with Crippen LogP contribution in [0.3, 0.4) is 0 Å². The van der Waals surface area contributed by atoms with Crippen LogP contribution in [-0.2, 0) is 9.53 Å². The Hall–Kier alpha value is -3.99. The van der Waals surface area contributed by atoms with Crippen LogP contribution >= 0.6 is 0 Å². The maximum absolute atomic E-state index is 12.1. The number of hydrogen-bond donors (Lipinski definition) is 2. The standard InChI is InChI=1S/C25H26N4O4/c1-24(2,3)22(32)29-23-27-19-18(20(30)28-23)13-16(14-26-19)8-7-15-9-11-17(12-10-15)21(31)33-25(4,5)6/h9-14H,1-6H3,(H2,26,27,28,29,30,32). The highest BCUT2D eigenvalue weighted by Crippen LogP contribution is 2.23. The van der Waals surface area contributed by atoms with Crippen LogP contribution in [0.25, 0.3) is 11.0 Å². The lowest BCUT2D eigenvalue weighted by molar-refractivity contribution is -0.123. The molecule has 1 amide bonds. The van der Waals surface area contributed by atoms with Gasteiger partial charge < -0.3 is 9.84 Å². The van der Waals surface area contributed by atoms with Gasteiger partial charge in [-0.15, -0.1) is 0 Å². The number of carbonyl (C=O) groups is 2. The number of pyridine rings is 1. The van der Waals surface area contributed by atoms with Gasteiger partial charge in [0.15, 0.2) is 5.65 Å². The van der Waals surface area contributed by atoms with Crippen LogP contribution in [0.15, 0.2) is 36.5 Å². The molecule has 3 aromatic rings. The highest BCUT2D eigenvalue weighted by atomic mass is 16.6. The molecule has 0 saturated carbocycles. The molecule has 2 heterocycles. The topological polar surface area (TPSA) is 114 Å². The molecule has 0 spiro atoms. The summed E-state index contributed by atoms with van der Waals surface area (Å²) in [5.74, 6) is 4.97. The van der Waals surface area contributed by atoms with Crippen LogP contribution < -0.4 is 5.32 Å². The number of ether oxygens (including phenoxy) is 1. The molecule has 8 nitrogen and oxygen atoms in total. The molecular formula is C25H26N4O4. The minimum Gasteiger partial charge on any atom is -0.493 e. The van der Waals surface area contributed by atoms with Crippen LogP contribution in [-0.4, -0.2) is 37.5 Å². The molecule has 0 atom stereocenters. The molecule has 0 aliphatic rings. The van der Waals surface area contributed by atoms with Crippen molar-refractivity contribution in [2.75, 3.05) is 5.32 Å². The molecule has 0 aliphatic heterocycles. The average Bonchev–Trinajstić information content (AvgIpc) is 2.71. The fourth-order valence-electron chi connectivity index (χ4n) is 2.58. The van der Waals surface area contributed by atoms with E-state index < -0.39 is 17.0 Å². The van der Waals surface area contributed by atoms with Gasteiger partial charge in [0, 0.05) is 22.7 Å². The SMILES string of the molecule is CC(C)(C)OC(=O)c1ccc(C#Cc2cnc3nc(NC(=O)C(C)(C)C)nc(O)c3c2)cc1. The average molecular weight is 447 g/mol. The summed E-state index contributed by atoms with van der Waals surface area (Å²) in [6.07, 6.45) is 1.52. The Kier molecular flexibility index (Phi) is 6.36. The Labute approximate surface area is 192 Å². The predicted octanol–water partition coefficient (Wildman–Crippen LogP) is 4.07. The summed E-state index contributed by atoms with van der Waals surface area (Å²) in [6, 6.07) is 8.39. The van der Waals surface area contributed by atoms with Crippen LogP contribution in [0, 0.1) is 17.3 Å². The van der Waals surface area contributed by atoms with Gasteiger partial charge in [-0.25, -0.2) is 9.78 Å². The van der Waals surface area contributed by atoms with Crippen molar-refractivity contribution in [3.05, 3.63) is 53.2 Å². The van der Waals surface area contributed by atoms with Gasteiger partial charge in [-0.05, 0) is 51.1 Å². The second-order valence-corrected chi connectivity index (χ2v) is 9.50. The first-order valence-electron chi connectivity index (χ1n) is 10.4. The Morgan fingerprint density at radius 1 is 0.970 bits per heavy atom. The summed E-state index contributed by atoms with van der Waals surface area (Å²) in [4.78, 5) is 36.6. The third-order valence-electron chi connectivity index (χ3n) is 4.31. The summed E-state index contributed by atoms with van der Waals surface area (Å²) in [5, 5.41) is 13.2. The largest absolute Gasteiger partial charge is 0.493 e. The number of anilines is 1. The number of fused-ring (bicyclic) bond motifs is 1. The molecule has 0 radical (unpaired) electrons. The molecule has 2 aromatic heterocycles. The molecule has 3 rings (SSSR count). The number of rotatable bonds is 2. The summed E-state index contributed by atoms with van der Waals surface area (Å²) in [7, 11) is 0. The van der Waals surface area contributed by atoms with E-state index in [4.69, 9.17) is 4.74 Å². The first-order chi connectivity index (χ1) is 15.3. The number of aromatic nitrogens is 3. The van der Waals surface area contributed by atoms with Crippen molar-refractivity contribution in [1.29, 1.82) is 0 Å². The van der Waals surface area contributed by atoms with Crippen molar-refractivity contribution in [1.82, 2.24) is 15.0 Å². The van der Waals surface area contributed by atoms with Gasteiger partial charge in [0.25, 0.3) is 0 Å². The summed E-state index contributed by atoms with van der Waals surface area (Å²) in [5.41, 5.74) is 0.726. The molecule has 0 fully saturated rings. The summed E-state index contributed by atoms with van der Waals surface area (Å²) >= 11 is 0. The Morgan fingerprint density at radius 3 is 2.21 bits per heavy atom. The van der Waals surface area contributed by atoms with Crippen LogP contribution in [0.1, 0.15) is 63.0 Å². The van der Waals surface area contributed by atoms with Crippen LogP contribution in [0.4, 0.5) is 5.95 Å². The molecule has 0 unspecified atom stereocenters. The number of hydrogen-bond acceptors (Lipinski definition) is 7. The first-order valence-corrected chi connectivity index (χ1v) is 10.4. The van der Waals surface area contributed by atoms with Crippen LogP contribution in [0.5, 0.6) is 5.88 Å². The minimum atomic E-state index is -0.633. The van der Waals surface area contributed by atoms with Crippen molar-refractivity contribution in [2.45, 2.75) is 47.1 Å². The van der Waals surface area contributed by atoms with Crippen molar-refractivity contribution < 1.29 is 19.4 Å². The summed E-state index contributed by atoms with van der Waals surface area (Å²) < 4.78 is 5.35. The molecule has 0 saturated heterocycles. The number of carbonyl (C=O) groups excluding carboxylic acids is 2. The van der Waals surface area contributed by atoms with Crippen LogP contribution in [0.2, 0.25) is 0 Å². The Bertz CT molecular complexity index is 1270. The normalized spacial score (nSPS) is 11.5. The lowest BCUT2D eigenvalue weighted by Gasteiger charge is -2.19. The Morgan fingerprint density at radius 2 is 1.61 bits per heavy atom. The molecule has 0 bridgehead atoms. The number of nitrogens with one attached hydrogen (secondary N) is 1. The zero-order valence-corrected chi connectivity index (χ0v) is 19.5. The van der Waals surface area contributed by atoms with Gasteiger partial charge in [-0.1, -0.05) is 32.6 Å².